The van der Waals surface area contributed by atoms with E-state index in [-0.39, 0.29) is 24.2 Å². The number of nitrogens with one attached hydrogen (secondary N) is 3. The fourth-order valence-corrected chi connectivity index (χ4v) is 2.42. The summed E-state index contributed by atoms with van der Waals surface area (Å²) in [6.45, 7) is 8.59. The number of hydrogen-bond donors (Lipinski definition) is 3. The first-order valence-electron chi connectivity index (χ1n) is 7.58. The first-order valence-corrected chi connectivity index (χ1v) is 7.58. The average molecular weight is 336 g/mol. The van der Waals surface area contributed by atoms with Gasteiger partial charge in [-0.25, -0.2) is 0 Å². The Morgan fingerprint density at radius 2 is 1.68 bits per heavy atom. The van der Waals surface area contributed by atoms with Gasteiger partial charge in [-0.15, -0.1) is 12.4 Å². The zero-order valence-corrected chi connectivity index (χ0v) is 14.9. The third-order valence-corrected chi connectivity index (χ3v) is 3.84. The van der Waals surface area contributed by atoms with Gasteiger partial charge in [0.1, 0.15) is 0 Å². The molecule has 6 nitrogen and oxygen atoms in total. The first-order chi connectivity index (χ1) is 9.82. The van der Waals surface area contributed by atoms with Crippen LogP contribution in [0.4, 0.5) is 0 Å². The van der Waals surface area contributed by atoms with Gasteiger partial charge in [0.25, 0.3) is 0 Å². The number of ether oxygens (including phenoxy) is 1. The van der Waals surface area contributed by atoms with Crippen molar-refractivity contribution in [2.24, 2.45) is 10.8 Å². The van der Waals surface area contributed by atoms with Crippen molar-refractivity contribution in [1.82, 2.24) is 16.0 Å². The van der Waals surface area contributed by atoms with Crippen LogP contribution in [-0.4, -0.2) is 51.7 Å². The lowest BCUT2D eigenvalue weighted by atomic mass is 9.78. The molecule has 1 aliphatic heterocycles. The minimum atomic E-state index is -0.436. The number of hydrogen-bond acceptors (Lipinski definition) is 4. The van der Waals surface area contributed by atoms with Gasteiger partial charge in [0, 0.05) is 25.6 Å². The Hall–Kier alpha value is -0.850. The van der Waals surface area contributed by atoms with Crippen molar-refractivity contribution < 1.29 is 14.3 Å². The number of amides is 2. The molecule has 3 N–H and O–H groups in total. The Bertz CT molecular complexity index is 358. The largest absolute Gasteiger partial charge is 0.384 e. The van der Waals surface area contributed by atoms with Crippen LogP contribution in [0.3, 0.4) is 0 Å². The number of halogens is 1. The van der Waals surface area contributed by atoms with Gasteiger partial charge in [-0.05, 0) is 25.9 Å². The molecular weight excluding hydrogens is 306 g/mol. The summed E-state index contributed by atoms with van der Waals surface area (Å²) in [5, 5.41) is 9.01. The van der Waals surface area contributed by atoms with Gasteiger partial charge in [-0.3, -0.25) is 9.59 Å². The van der Waals surface area contributed by atoms with Crippen molar-refractivity contribution in [2.45, 2.75) is 33.6 Å². The van der Waals surface area contributed by atoms with Gasteiger partial charge < -0.3 is 20.7 Å². The summed E-state index contributed by atoms with van der Waals surface area (Å²) in [5.74, 6) is 0.0149. The lowest BCUT2D eigenvalue weighted by Gasteiger charge is -2.35. The van der Waals surface area contributed by atoms with Crippen LogP contribution >= 0.6 is 12.4 Å². The summed E-state index contributed by atoms with van der Waals surface area (Å²) in [7, 11) is 1.63. The van der Waals surface area contributed by atoms with E-state index in [0.29, 0.717) is 19.7 Å². The summed E-state index contributed by atoms with van der Waals surface area (Å²) in [4.78, 5) is 24.1. The number of rotatable bonds is 6. The Balaban J connectivity index is 0.00000441. The molecule has 0 aromatic carbocycles. The zero-order chi connectivity index (χ0) is 15.9. The second-order valence-corrected chi connectivity index (χ2v) is 6.73. The second-order valence-electron chi connectivity index (χ2n) is 6.73. The summed E-state index contributed by atoms with van der Waals surface area (Å²) in [6, 6.07) is 0. The molecule has 0 aromatic heterocycles. The topological polar surface area (TPSA) is 79.5 Å². The third kappa shape index (κ3) is 6.10. The SMILES string of the molecule is COCC1(C(=O)NCCNC(=O)C(C)(C)C)CCNCC1.Cl. The predicted molar refractivity (Wildman–Crippen MR) is 89.1 cm³/mol. The van der Waals surface area contributed by atoms with Crippen molar-refractivity contribution >= 4 is 24.2 Å². The standard InChI is InChI=1S/C15H29N3O3.ClH/c1-14(2,3)12(19)17-9-10-18-13(20)15(11-21-4)5-7-16-8-6-15;/h16H,5-11H2,1-4H3,(H,17,19)(H,18,20);1H. The predicted octanol–water partition coefficient (Wildman–Crippen LogP) is 0.703. The normalized spacial score (nSPS) is 17.3. The van der Waals surface area contributed by atoms with Crippen LogP contribution in [0.15, 0.2) is 0 Å². The molecular formula is C15H30ClN3O3. The van der Waals surface area contributed by atoms with E-state index >= 15 is 0 Å². The zero-order valence-electron chi connectivity index (χ0n) is 14.1. The number of carbonyl (C=O) groups excluding carboxylic acids is 2. The van der Waals surface area contributed by atoms with Crippen molar-refractivity contribution in [2.75, 3.05) is 39.9 Å². The lowest BCUT2D eigenvalue weighted by molar-refractivity contribution is -0.136. The van der Waals surface area contributed by atoms with E-state index in [2.05, 4.69) is 16.0 Å². The van der Waals surface area contributed by atoms with Crippen LogP contribution in [0, 0.1) is 10.8 Å². The Morgan fingerprint density at radius 3 is 2.18 bits per heavy atom. The molecule has 0 unspecified atom stereocenters. The molecule has 0 saturated carbocycles. The maximum Gasteiger partial charge on any atom is 0.228 e. The van der Waals surface area contributed by atoms with Crippen molar-refractivity contribution in [3.63, 3.8) is 0 Å². The summed E-state index contributed by atoms with van der Waals surface area (Å²) < 4.78 is 5.24. The van der Waals surface area contributed by atoms with E-state index in [1.807, 2.05) is 20.8 Å². The molecule has 1 saturated heterocycles. The quantitative estimate of drug-likeness (QED) is 0.624. The van der Waals surface area contributed by atoms with Gasteiger partial charge in [-0.2, -0.15) is 0 Å². The van der Waals surface area contributed by atoms with Gasteiger partial charge in [0.15, 0.2) is 0 Å². The van der Waals surface area contributed by atoms with E-state index in [0.717, 1.165) is 25.9 Å². The van der Waals surface area contributed by atoms with Crippen LogP contribution in [0.2, 0.25) is 0 Å². The van der Waals surface area contributed by atoms with E-state index < -0.39 is 10.8 Å². The molecule has 0 aromatic rings. The fourth-order valence-electron chi connectivity index (χ4n) is 2.42. The minimum Gasteiger partial charge on any atom is -0.384 e. The second kappa shape index (κ2) is 9.33. The van der Waals surface area contributed by atoms with Crippen LogP contribution in [0.25, 0.3) is 0 Å². The van der Waals surface area contributed by atoms with Gasteiger partial charge in [0.05, 0.1) is 12.0 Å². The first kappa shape index (κ1) is 21.1. The van der Waals surface area contributed by atoms with Crippen LogP contribution in [-0.2, 0) is 14.3 Å². The molecule has 0 aliphatic carbocycles. The molecule has 7 heteroatoms. The number of piperidine rings is 1. The van der Waals surface area contributed by atoms with Crippen LogP contribution in [0.5, 0.6) is 0 Å². The van der Waals surface area contributed by atoms with Gasteiger partial charge in [-0.1, -0.05) is 20.8 Å². The Morgan fingerprint density at radius 1 is 1.14 bits per heavy atom. The number of carbonyl (C=O) groups is 2. The van der Waals surface area contributed by atoms with Gasteiger partial charge in [0.2, 0.25) is 11.8 Å². The molecule has 0 radical (unpaired) electrons. The van der Waals surface area contributed by atoms with Crippen LogP contribution in [0.1, 0.15) is 33.6 Å². The van der Waals surface area contributed by atoms with E-state index in [1.54, 1.807) is 7.11 Å². The molecule has 2 amide bonds. The van der Waals surface area contributed by atoms with E-state index in [9.17, 15) is 9.59 Å². The Labute approximate surface area is 139 Å². The minimum absolute atomic E-state index is 0. The molecule has 0 bridgehead atoms. The molecule has 1 rings (SSSR count). The maximum absolute atomic E-state index is 12.4. The molecule has 22 heavy (non-hydrogen) atoms. The molecule has 1 heterocycles. The van der Waals surface area contributed by atoms with Crippen molar-refractivity contribution in [1.29, 1.82) is 0 Å². The number of methoxy groups -OCH3 is 1. The van der Waals surface area contributed by atoms with Gasteiger partial charge >= 0.3 is 0 Å². The highest BCUT2D eigenvalue weighted by molar-refractivity contribution is 5.85. The summed E-state index contributed by atoms with van der Waals surface area (Å²) >= 11 is 0. The average Bonchev–Trinajstić information content (AvgIpc) is 2.43. The van der Waals surface area contributed by atoms with Crippen molar-refractivity contribution in [3.8, 4) is 0 Å². The molecule has 1 fully saturated rings. The highest BCUT2D eigenvalue weighted by Gasteiger charge is 2.39. The highest BCUT2D eigenvalue weighted by Crippen LogP contribution is 2.29. The third-order valence-electron chi connectivity index (χ3n) is 3.84. The van der Waals surface area contributed by atoms with Crippen LogP contribution < -0.4 is 16.0 Å². The fraction of sp³-hybridized carbons (Fsp3) is 0.867. The van der Waals surface area contributed by atoms with Crippen molar-refractivity contribution in [3.05, 3.63) is 0 Å². The monoisotopic (exact) mass is 335 g/mol. The maximum atomic E-state index is 12.4. The van der Waals surface area contributed by atoms with E-state index in [1.165, 1.54) is 0 Å². The molecule has 130 valence electrons. The molecule has 1 aliphatic rings. The Kier molecular flexibility index (Phi) is 8.96. The highest BCUT2D eigenvalue weighted by atomic mass is 35.5. The van der Waals surface area contributed by atoms with E-state index in [4.69, 9.17) is 4.74 Å². The molecule has 0 atom stereocenters. The smallest absolute Gasteiger partial charge is 0.228 e. The lowest BCUT2D eigenvalue weighted by Crippen LogP contribution is -2.51. The summed E-state index contributed by atoms with van der Waals surface area (Å²) in [5.41, 5.74) is -0.843. The molecule has 0 spiro atoms. The summed E-state index contributed by atoms with van der Waals surface area (Å²) in [6.07, 6.45) is 1.56.